The number of hydrogen-bond donors (Lipinski definition) is 1. The lowest BCUT2D eigenvalue weighted by atomic mass is 10.2. The molecule has 0 atom stereocenters. The summed E-state index contributed by atoms with van der Waals surface area (Å²) in [7, 11) is 1.83. The lowest BCUT2D eigenvalue weighted by Crippen LogP contribution is -2.23. The predicted octanol–water partition coefficient (Wildman–Crippen LogP) is 4.56. The minimum Gasteiger partial charge on any atom is -0.344 e. The van der Waals surface area contributed by atoms with Crippen LogP contribution in [0.15, 0.2) is 42.6 Å². The lowest BCUT2D eigenvalue weighted by Gasteiger charge is -2.04. The Bertz CT molecular complexity index is 1200. The molecule has 0 aliphatic carbocycles. The van der Waals surface area contributed by atoms with Gasteiger partial charge in [0.05, 0.1) is 28.8 Å². The summed E-state index contributed by atoms with van der Waals surface area (Å²) in [4.78, 5) is 21.4. The van der Waals surface area contributed by atoms with E-state index in [4.69, 9.17) is 11.6 Å². The average Bonchev–Trinajstić information content (AvgIpc) is 3.28. The standard InChI is InChI=1S/C19H13ClF2N4OS/c1-26-16(25-14-4-2-3-11(20)17(14)26)9-23-18(27)15-8-24-19(28-15)10-5-6-12(21)13(22)7-10/h2-8H,9H2,1H3,(H,23,27). The Morgan fingerprint density at radius 3 is 2.82 bits per heavy atom. The topological polar surface area (TPSA) is 59.8 Å². The molecule has 5 nitrogen and oxygen atoms in total. The minimum absolute atomic E-state index is 0.207. The van der Waals surface area contributed by atoms with E-state index in [-0.39, 0.29) is 12.5 Å². The number of para-hydroxylation sites is 1. The van der Waals surface area contributed by atoms with Gasteiger partial charge in [0.2, 0.25) is 0 Å². The lowest BCUT2D eigenvalue weighted by molar-refractivity contribution is 0.0953. The number of imidazole rings is 1. The van der Waals surface area contributed by atoms with Gasteiger partial charge in [-0.2, -0.15) is 0 Å². The third-order valence-electron chi connectivity index (χ3n) is 4.24. The molecule has 0 unspecified atom stereocenters. The van der Waals surface area contributed by atoms with Crippen LogP contribution in [0.5, 0.6) is 0 Å². The van der Waals surface area contributed by atoms with Crippen LogP contribution in [-0.2, 0) is 13.6 Å². The largest absolute Gasteiger partial charge is 0.344 e. The van der Waals surface area contributed by atoms with E-state index in [1.165, 1.54) is 12.3 Å². The summed E-state index contributed by atoms with van der Waals surface area (Å²) in [6.45, 7) is 0.207. The summed E-state index contributed by atoms with van der Waals surface area (Å²) in [5, 5.41) is 3.81. The molecule has 2 aromatic heterocycles. The zero-order chi connectivity index (χ0) is 19.8. The van der Waals surface area contributed by atoms with Crippen LogP contribution in [0.3, 0.4) is 0 Å². The monoisotopic (exact) mass is 418 g/mol. The summed E-state index contributed by atoms with van der Waals surface area (Å²) in [5.74, 6) is -1.56. The molecule has 2 aromatic carbocycles. The highest BCUT2D eigenvalue weighted by atomic mass is 35.5. The van der Waals surface area contributed by atoms with Gasteiger partial charge in [-0.05, 0) is 30.3 Å². The zero-order valence-electron chi connectivity index (χ0n) is 14.5. The van der Waals surface area contributed by atoms with E-state index in [2.05, 4.69) is 15.3 Å². The van der Waals surface area contributed by atoms with Gasteiger partial charge in [0, 0.05) is 12.6 Å². The molecule has 0 saturated heterocycles. The quantitative estimate of drug-likeness (QED) is 0.528. The minimum atomic E-state index is -0.959. The van der Waals surface area contributed by atoms with E-state index in [9.17, 15) is 13.6 Å². The maximum Gasteiger partial charge on any atom is 0.263 e. The number of carbonyl (C=O) groups excluding carboxylic acids is 1. The SMILES string of the molecule is Cn1c(CNC(=O)c2cnc(-c3ccc(F)c(F)c3)s2)nc2cccc(Cl)c21. The van der Waals surface area contributed by atoms with Crippen molar-refractivity contribution in [1.82, 2.24) is 19.9 Å². The molecule has 0 aliphatic heterocycles. The molecular formula is C19H13ClF2N4OS. The van der Waals surface area contributed by atoms with Gasteiger partial charge in [0.25, 0.3) is 5.91 Å². The van der Waals surface area contributed by atoms with Gasteiger partial charge < -0.3 is 9.88 Å². The predicted molar refractivity (Wildman–Crippen MR) is 104 cm³/mol. The first-order chi connectivity index (χ1) is 13.4. The first-order valence-electron chi connectivity index (χ1n) is 8.23. The van der Waals surface area contributed by atoms with Crippen LogP contribution in [0.25, 0.3) is 21.6 Å². The van der Waals surface area contributed by atoms with Crippen molar-refractivity contribution in [2.45, 2.75) is 6.54 Å². The van der Waals surface area contributed by atoms with Gasteiger partial charge in [-0.1, -0.05) is 17.7 Å². The summed E-state index contributed by atoms with van der Waals surface area (Å²) in [6.07, 6.45) is 1.41. The highest BCUT2D eigenvalue weighted by Gasteiger charge is 2.15. The van der Waals surface area contributed by atoms with Crippen molar-refractivity contribution >= 4 is 39.9 Å². The Kier molecular flexibility index (Phi) is 4.82. The Hall–Kier alpha value is -2.84. The number of fused-ring (bicyclic) bond motifs is 1. The Labute approximate surface area is 167 Å². The fraction of sp³-hybridized carbons (Fsp3) is 0.105. The first-order valence-corrected chi connectivity index (χ1v) is 9.43. The molecule has 1 amide bonds. The smallest absolute Gasteiger partial charge is 0.263 e. The zero-order valence-corrected chi connectivity index (χ0v) is 16.1. The number of hydrogen-bond acceptors (Lipinski definition) is 4. The van der Waals surface area contributed by atoms with Crippen molar-refractivity contribution in [3.8, 4) is 10.6 Å². The molecular weight excluding hydrogens is 406 g/mol. The molecule has 1 N–H and O–H groups in total. The third kappa shape index (κ3) is 3.36. The van der Waals surface area contributed by atoms with Crippen LogP contribution in [0.2, 0.25) is 5.02 Å². The normalized spacial score (nSPS) is 11.1. The van der Waals surface area contributed by atoms with Gasteiger partial charge in [-0.25, -0.2) is 18.7 Å². The third-order valence-corrected chi connectivity index (χ3v) is 5.59. The second-order valence-corrected chi connectivity index (χ2v) is 7.47. The Morgan fingerprint density at radius 1 is 1.25 bits per heavy atom. The number of rotatable bonds is 4. The molecule has 0 radical (unpaired) electrons. The molecule has 0 fully saturated rings. The number of nitrogens with zero attached hydrogens (tertiary/aromatic N) is 3. The fourth-order valence-electron chi connectivity index (χ4n) is 2.82. The summed E-state index contributed by atoms with van der Waals surface area (Å²) in [5.41, 5.74) is 1.96. The van der Waals surface area contributed by atoms with Gasteiger partial charge in [0.1, 0.15) is 15.7 Å². The van der Waals surface area contributed by atoms with E-state index >= 15 is 0 Å². The van der Waals surface area contributed by atoms with Crippen molar-refractivity contribution in [3.63, 3.8) is 0 Å². The number of aromatic nitrogens is 3. The number of nitrogens with one attached hydrogen (secondary N) is 1. The molecule has 28 heavy (non-hydrogen) atoms. The molecule has 4 aromatic rings. The van der Waals surface area contributed by atoms with Crippen molar-refractivity contribution in [3.05, 3.63) is 70.0 Å². The fourth-order valence-corrected chi connectivity index (χ4v) is 3.94. The number of halogens is 3. The highest BCUT2D eigenvalue weighted by Crippen LogP contribution is 2.27. The highest BCUT2D eigenvalue weighted by molar-refractivity contribution is 7.16. The summed E-state index contributed by atoms with van der Waals surface area (Å²) in [6, 6.07) is 8.95. The van der Waals surface area contributed by atoms with Crippen LogP contribution >= 0.6 is 22.9 Å². The van der Waals surface area contributed by atoms with E-state index in [1.54, 1.807) is 6.07 Å². The van der Waals surface area contributed by atoms with Crippen LogP contribution < -0.4 is 5.32 Å². The second kappa shape index (κ2) is 7.29. The van der Waals surface area contributed by atoms with E-state index < -0.39 is 11.6 Å². The van der Waals surface area contributed by atoms with Crippen molar-refractivity contribution < 1.29 is 13.6 Å². The van der Waals surface area contributed by atoms with Crippen molar-refractivity contribution in [2.75, 3.05) is 0 Å². The Morgan fingerprint density at radius 2 is 2.07 bits per heavy atom. The van der Waals surface area contributed by atoms with Crippen LogP contribution in [-0.4, -0.2) is 20.4 Å². The number of thiazole rings is 1. The molecule has 0 bridgehead atoms. The second-order valence-electron chi connectivity index (χ2n) is 6.04. The maximum atomic E-state index is 13.4. The summed E-state index contributed by atoms with van der Waals surface area (Å²) < 4.78 is 28.3. The molecule has 9 heteroatoms. The first kappa shape index (κ1) is 18.5. The van der Waals surface area contributed by atoms with Crippen LogP contribution in [0.1, 0.15) is 15.5 Å². The van der Waals surface area contributed by atoms with Crippen molar-refractivity contribution in [1.29, 1.82) is 0 Å². The molecule has 142 valence electrons. The average molecular weight is 419 g/mol. The van der Waals surface area contributed by atoms with Crippen LogP contribution in [0, 0.1) is 11.6 Å². The molecule has 0 aliphatic rings. The van der Waals surface area contributed by atoms with E-state index in [1.807, 2.05) is 23.7 Å². The Balaban J connectivity index is 1.50. The number of benzene rings is 2. The molecule has 4 rings (SSSR count). The number of carbonyl (C=O) groups is 1. The van der Waals surface area contributed by atoms with Gasteiger partial charge in [-0.15, -0.1) is 11.3 Å². The summed E-state index contributed by atoms with van der Waals surface area (Å²) >= 11 is 7.31. The van der Waals surface area contributed by atoms with E-state index in [0.29, 0.717) is 26.3 Å². The molecule has 0 saturated carbocycles. The van der Waals surface area contributed by atoms with Crippen LogP contribution in [0.4, 0.5) is 8.78 Å². The van der Waals surface area contributed by atoms with Gasteiger partial charge >= 0.3 is 0 Å². The number of aryl methyl sites for hydroxylation is 1. The van der Waals surface area contributed by atoms with Crippen molar-refractivity contribution in [2.24, 2.45) is 7.05 Å². The molecule has 2 heterocycles. The number of amides is 1. The van der Waals surface area contributed by atoms with E-state index in [0.717, 1.165) is 34.5 Å². The van der Waals surface area contributed by atoms with Gasteiger partial charge in [0.15, 0.2) is 11.6 Å². The maximum absolute atomic E-state index is 13.4. The van der Waals surface area contributed by atoms with Gasteiger partial charge in [-0.3, -0.25) is 4.79 Å². The molecule has 0 spiro atoms.